The molecule has 108 valence electrons. The zero-order valence-electron chi connectivity index (χ0n) is 12.5. The third-order valence-corrected chi connectivity index (χ3v) is 3.11. The first-order valence-electron chi connectivity index (χ1n) is 7.03. The van der Waals surface area contributed by atoms with Crippen molar-refractivity contribution in [3.8, 4) is 11.8 Å². The monoisotopic (exact) mass is 273 g/mol. The molecular weight excluding hydrogens is 250 g/mol. The number of nitrogens with zero attached hydrogens (tertiary/aromatic N) is 1. The van der Waals surface area contributed by atoms with Gasteiger partial charge in [0.1, 0.15) is 0 Å². The number of urea groups is 1. The van der Waals surface area contributed by atoms with Crippen molar-refractivity contribution in [1.82, 2.24) is 4.90 Å². The highest BCUT2D eigenvalue weighted by atomic mass is 16.2. The predicted molar refractivity (Wildman–Crippen MR) is 83.7 cm³/mol. The Morgan fingerprint density at radius 3 is 2.55 bits per heavy atom. The smallest absolute Gasteiger partial charge is 0.321 e. The van der Waals surface area contributed by atoms with Crippen molar-refractivity contribution in [2.45, 2.75) is 27.2 Å². The lowest BCUT2D eigenvalue weighted by Gasteiger charge is -2.20. The van der Waals surface area contributed by atoms with Crippen molar-refractivity contribution in [2.24, 2.45) is 5.73 Å². The molecule has 0 radical (unpaired) electrons. The van der Waals surface area contributed by atoms with E-state index in [1.807, 2.05) is 32.0 Å². The van der Waals surface area contributed by atoms with Crippen LogP contribution in [0.15, 0.2) is 18.2 Å². The zero-order chi connectivity index (χ0) is 15.0. The van der Waals surface area contributed by atoms with Crippen LogP contribution in [0.4, 0.5) is 10.5 Å². The van der Waals surface area contributed by atoms with Crippen LogP contribution in [0.2, 0.25) is 0 Å². The minimum absolute atomic E-state index is 0.0644. The van der Waals surface area contributed by atoms with Crippen LogP contribution >= 0.6 is 0 Å². The molecular formula is C16H23N3O. The summed E-state index contributed by atoms with van der Waals surface area (Å²) in [5.41, 5.74) is 8.22. The Hall–Kier alpha value is -1.99. The molecule has 20 heavy (non-hydrogen) atoms. The minimum Gasteiger partial charge on any atom is -0.325 e. The third-order valence-electron chi connectivity index (χ3n) is 3.11. The van der Waals surface area contributed by atoms with Crippen molar-refractivity contribution >= 4 is 11.7 Å². The van der Waals surface area contributed by atoms with Crippen LogP contribution in [-0.2, 0) is 6.42 Å². The SMILES string of the molecule is CCc1cc(C#CCN)ccc1NC(=O)N(CC)CC. The lowest BCUT2D eigenvalue weighted by atomic mass is 10.1. The molecule has 3 N–H and O–H groups in total. The molecule has 0 fully saturated rings. The Morgan fingerprint density at radius 1 is 1.30 bits per heavy atom. The number of hydrogen-bond acceptors (Lipinski definition) is 2. The second-order valence-electron chi connectivity index (χ2n) is 4.33. The van der Waals surface area contributed by atoms with Gasteiger partial charge in [-0.15, -0.1) is 0 Å². The number of aryl methyl sites for hydroxylation is 1. The van der Waals surface area contributed by atoms with Gasteiger partial charge < -0.3 is 16.0 Å². The maximum Gasteiger partial charge on any atom is 0.321 e. The summed E-state index contributed by atoms with van der Waals surface area (Å²) in [7, 11) is 0. The molecule has 4 nitrogen and oxygen atoms in total. The van der Waals surface area contributed by atoms with Crippen LogP contribution in [0.3, 0.4) is 0 Å². The van der Waals surface area contributed by atoms with Gasteiger partial charge in [-0.1, -0.05) is 18.8 Å². The number of nitrogens with one attached hydrogen (secondary N) is 1. The lowest BCUT2D eigenvalue weighted by molar-refractivity contribution is 0.217. The van der Waals surface area contributed by atoms with Gasteiger partial charge in [-0.05, 0) is 44.0 Å². The summed E-state index contributed by atoms with van der Waals surface area (Å²) >= 11 is 0. The summed E-state index contributed by atoms with van der Waals surface area (Å²) in [5.74, 6) is 5.84. The molecule has 4 heteroatoms. The second-order valence-corrected chi connectivity index (χ2v) is 4.33. The molecule has 0 heterocycles. The summed E-state index contributed by atoms with van der Waals surface area (Å²) < 4.78 is 0. The van der Waals surface area contributed by atoms with Crippen LogP contribution in [0.5, 0.6) is 0 Å². The molecule has 0 aliphatic carbocycles. The molecule has 0 bridgehead atoms. The van der Waals surface area contributed by atoms with E-state index in [0.29, 0.717) is 19.6 Å². The van der Waals surface area contributed by atoms with Gasteiger partial charge in [-0.2, -0.15) is 0 Å². The van der Waals surface area contributed by atoms with E-state index in [4.69, 9.17) is 5.73 Å². The third kappa shape index (κ3) is 4.29. The Labute approximate surface area is 121 Å². The molecule has 0 unspecified atom stereocenters. The number of carbonyl (C=O) groups is 1. The summed E-state index contributed by atoms with van der Waals surface area (Å²) in [6, 6.07) is 5.74. The van der Waals surface area contributed by atoms with E-state index in [9.17, 15) is 4.79 Å². The molecule has 1 rings (SSSR count). The first-order chi connectivity index (χ1) is 9.65. The Morgan fingerprint density at radius 2 is 2.00 bits per heavy atom. The number of hydrogen-bond donors (Lipinski definition) is 2. The topological polar surface area (TPSA) is 58.4 Å². The number of benzene rings is 1. The van der Waals surface area contributed by atoms with Crippen molar-refractivity contribution in [3.63, 3.8) is 0 Å². The number of carbonyl (C=O) groups excluding carboxylic acids is 1. The number of nitrogens with two attached hydrogens (primary N) is 1. The molecule has 0 atom stereocenters. The minimum atomic E-state index is -0.0644. The molecule has 0 aromatic heterocycles. The molecule has 0 aliphatic heterocycles. The predicted octanol–water partition coefficient (Wildman–Crippen LogP) is 2.43. The van der Waals surface area contributed by atoms with E-state index in [0.717, 1.165) is 23.2 Å². The Balaban J connectivity index is 2.93. The largest absolute Gasteiger partial charge is 0.325 e. The van der Waals surface area contributed by atoms with E-state index in [1.54, 1.807) is 4.90 Å². The average Bonchev–Trinajstić information content (AvgIpc) is 2.47. The molecule has 0 saturated carbocycles. The van der Waals surface area contributed by atoms with E-state index in [-0.39, 0.29) is 6.03 Å². The van der Waals surface area contributed by atoms with Crippen molar-refractivity contribution in [1.29, 1.82) is 0 Å². The van der Waals surface area contributed by atoms with Crippen LogP contribution < -0.4 is 11.1 Å². The first-order valence-corrected chi connectivity index (χ1v) is 7.03. The van der Waals surface area contributed by atoms with Gasteiger partial charge in [-0.25, -0.2) is 4.79 Å². The summed E-state index contributed by atoms with van der Waals surface area (Å²) in [6.45, 7) is 7.74. The first kappa shape index (κ1) is 16.1. The van der Waals surface area contributed by atoms with Crippen molar-refractivity contribution in [2.75, 3.05) is 25.0 Å². The number of amides is 2. The lowest BCUT2D eigenvalue weighted by Crippen LogP contribution is -2.34. The number of anilines is 1. The van der Waals surface area contributed by atoms with Gasteiger partial charge in [0, 0.05) is 24.3 Å². The van der Waals surface area contributed by atoms with Crippen LogP contribution in [-0.4, -0.2) is 30.6 Å². The molecule has 1 aromatic rings. The summed E-state index contributed by atoms with van der Waals surface area (Å²) in [5, 5.41) is 2.96. The standard InChI is InChI=1S/C16H23N3O/c1-4-14-12-13(8-7-11-17)9-10-15(14)18-16(20)19(5-2)6-3/h9-10,12H,4-6,11,17H2,1-3H3,(H,18,20). The fourth-order valence-electron chi connectivity index (χ4n) is 1.94. The van der Waals surface area contributed by atoms with Gasteiger partial charge in [0.05, 0.1) is 6.54 Å². The highest BCUT2D eigenvalue weighted by Crippen LogP contribution is 2.18. The summed E-state index contributed by atoms with van der Waals surface area (Å²) in [4.78, 5) is 13.8. The van der Waals surface area contributed by atoms with Crippen LogP contribution in [0.1, 0.15) is 31.9 Å². The maximum absolute atomic E-state index is 12.1. The van der Waals surface area contributed by atoms with Gasteiger partial charge in [-0.3, -0.25) is 0 Å². The second kappa shape index (κ2) is 8.23. The van der Waals surface area contributed by atoms with Gasteiger partial charge in [0.25, 0.3) is 0 Å². The van der Waals surface area contributed by atoms with E-state index in [2.05, 4.69) is 24.1 Å². The number of rotatable bonds is 4. The van der Waals surface area contributed by atoms with Crippen molar-refractivity contribution < 1.29 is 4.79 Å². The Kier molecular flexibility index (Phi) is 6.61. The molecule has 0 spiro atoms. The summed E-state index contributed by atoms with van der Waals surface area (Å²) in [6.07, 6.45) is 0.839. The highest BCUT2D eigenvalue weighted by molar-refractivity contribution is 5.90. The Bertz CT molecular complexity index is 510. The average molecular weight is 273 g/mol. The molecule has 0 aliphatic rings. The van der Waals surface area contributed by atoms with Crippen molar-refractivity contribution in [3.05, 3.63) is 29.3 Å². The van der Waals surface area contributed by atoms with E-state index >= 15 is 0 Å². The van der Waals surface area contributed by atoms with E-state index in [1.165, 1.54) is 0 Å². The quantitative estimate of drug-likeness (QED) is 0.828. The van der Waals surface area contributed by atoms with Gasteiger partial charge in [0.15, 0.2) is 0 Å². The van der Waals surface area contributed by atoms with Crippen LogP contribution in [0, 0.1) is 11.8 Å². The van der Waals surface area contributed by atoms with E-state index < -0.39 is 0 Å². The molecule has 2 amide bonds. The molecule has 1 aromatic carbocycles. The fraction of sp³-hybridized carbons (Fsp3) is 0.438. The fourth-order valence-corrected chi connectivity index (χ4v) is 1.94. The zero-order valence-corrected chi connectivity index (χ0v) is 12.5. The normalized spacial score (nSPS) is 9.60. The maximum atomic E-state index is 12.1. The van der Waals surface area contributed by atoms with Gasteiger partial charge in [0.2, 0.25) is 0 Å². The van der Waals surface area contributed by atoms with Crippen LogP contribution in [0.25, 0.3) is 0 Å². The highest BCUT2D eigenvalue weighted by Gasteiger charge is 2.11. The van der Waals surface area contributed by atoms with Gasteiger partial charge >= 0.3 is 6.03 Å². The molecule has 0 saturated heterocycles.